The second-order valence-corrected chi connectivity index (χ2v) is 9.99. The van der Waals surface area contributed by atoms with E-state index >= 15 is 0 Å². The second-order valence-electron chi connectivity index (χ2n) is 8.88. The highest BCUT2D eigenvalue weighted by molar-refractivity contribution is 8.00. The minimum absolute atomic E-state index is 0.0447. The van der Waals surface area contributed by atoms with E-state index in [0.717, 1.165) is 52.7 Å². The lowest BCUT2D eigenvalue weighted by Crippen LogP contribution is -2.35. The highest BCUT2D eigenvalue weighted by atomic mass is 32.2. The van der Waals surface area contributed by atoms with Crippen LogP contribution in [0.15, 0.2) is 58.4 Å². The number of nitrogens with one attached hydrogen (secondary N) is 2. The number of aromatic amines is 1. The van der Waals surface area contributed by atoms with Gasteiger partial charge in [-0.1, -0.05) is 43.8 Å². The van der Waals surface area contributed by atoms with Gasteiger partial charge in [0.1, 0.15) is 5.76 Å². The maximum Gasteiger partial charge on any atom is 0.234 e. The molecule has 1 saturated heterocycles. The van der Waals surface area contributed by atoms with Crippen molar-refractivity contribution in [2.75, 3.05) is 6.61 Å². The summed E-state index contributed by atoms with van der Waals surface area (Å²) >= 11 is 1.46. The number of H-pyrrole nitrogens is 1. The number of carbonyl (C=O) groups excluding carboxylic acids is 1. The van der Waals surface area contributed by atoms with Crippen LogP contribution in [0.2, 0.25) is 0 Å². The van der Waals surface area contributed by atoms with Gasteiger partial charge in [0.05, 0.1) is 30.7 Å². The summed E-state index contributed by atoms with van der Waals surface area (Å²) in [6.45, 7) is 5.89. The monoisotopic (exact) mass is 479 g/mol. The van der Waals surface area contributed by atoms with Crippen molar-refractivity contribution in [1.29, 1.82) is 0 Å². The summed E-state index contributed by atoms with van der Waals surface area (Å²) in [5.41, 5.74) is 2.05. The fourth-order valence-electron chi connectivity index (χ4n) is 4.28. The normalized spacial score (nSPS) is 17.0. The van der Waals surface area contributed by atoms with Crippen LogP contribution in [0, 0.1) is 5.92 Å². The van der Waals surface area contributed by atoms with E-state index in [0.29, 0.717) is 13.1 Å². The first kappa shape index (κ1) is 22.7. The predicted molar refractivity (Wildman–Crippen MR) is 131 cm³/mol. The summed E-state index contributed by atoms with van der Waals surface area (Å²) in [5, 5.41) is 13.6. The summed E-state index contributed by atoms with van der Waals surface area (Å²) in [6.07, 6.45) is 5.76. The minimum Gasteiger partial charge on any atom is -0.467 e. The first-order valence-corrected chi connectivity index (χ1v) is 12.6. The zero-order valence-electron chi connectivity index (χ0n) is 19.4. The average molecular weight is 480 g/mol. The van der Waals surface area contributed by atoms with Crippen molar-refractivity contribution in [2.24, 2.45) is 5.92 Å². The molecule has 2 atom stereocenters. The molecule has 0 bridgehead atoms. The molecule has 0 radical (unpaired) electrons. The van der Waals surface area contributed by atoms with E-state index in [1.54, 1.807) is 6.26 Å². The van der Waals surface area contributed by atoms with Gasteiger partial charge in [0.2, 0.25) is 5.91 Å². The van der Waals surface area contributed by atoms with Crippen LogP contribution in [0.1, 0.15) is 32.4 Å². The van der Waals surface area contributed by atoms with E-state index in [-0.39, 0.29) is 23.2 Å². The molecular weight excluding hydrogens is 450 g/mol. The second kappa shape index (κ2) is 10.1. The van der Waals surface area contributed by atoms with Gasteiger partial charge >= 0.3 is 0 Å². The first-order valence-electron chi connectivity index (χ1n) is 11.7. The molecule has 1 aliphatic rings. The SMILES string of the molecule is CC(C)C(Sc1nnc(-c2c[nH]c3ccccc23)n1CC1CCCO1)C(=O)NCc1ccco1. The number of furan rings is 1. The van der Waals surface area contributed by atoms with E-state index in [4.69, 9.17) is 9.15 Å². The molecule has 1 fully saturated rings. The fraction of sp³-hybridized carbons (Fsp3) is 0.400. The topological polar surface area (TPSA) is 98.0 Å². The lowest BCUT2D eigenvalue weighted by molar-refractivity contribution is -0.121. The number of rotatable bonds is 9. The van der Waals surface area contributed by atoms with Crippen LogP contribution in [-0.2, 0) is 22.6 Å². The van der Waals surface area contributed by atoms with Crippen molar-refractivity contribution in [1.82, 2.24) is 25.1 Å². The highest BCUT2D eigenvalue weighted by Gasteiger charge is 2.29. The zero-order chi connectivity index (χ0) is 23.5. The van der Waals surface area contributed by atoms with Crippen molar-refractivity contribution >= 4 is 28.6 Å². The Hall–Kier alpha value is -3.04. The maximum absolute atomic E-state index is 13.1. The molecule has 3 aromatic heterocycles. The molecule has 1 aromatic carbocycles. The number of hydrogen-bond donors (Lipinski definition) is 2. The Morgan fingerprint density at radius 2 is 2.15 bits per heavy atom. The van der Waals surface area contributed by atoms with Crippen LogP contribution >= 0.6 is 11.8 Å². The van der Waals surface area contributed by atoms with Crippen molar-refractivity contribution in [2.45, 2.75) is 56.3 Å². The largest absolute Gasteiger partial charge is 0.467 e. The van der Waals surface area contributed by atoms with Crippen LogP contribution in [0.5, 0.6) is 0 Å². The molecule has 0 aliphatic carbocycles. The van der Waals surface area contributed by atoms with Crippen LogP contribution in [0.25, 0.3) is 22.3 Å². The van der Waals surface area contributed by atoms with Gasteiger partial charge in [-0.2, -0.15) is 0 Å². The lowest BCUT2D eigenvalue weighted by Gasteiger charge is -2.20. The van der Waals surface area contributed by atoms with Gasteiger partial charge in [0.15, 0.2) is 11.0 Å². The number of ether oxygens (including phenoxy) is 1. The number of nitrogens with zero attached hydrogens (tertiary/aromatic N) is 3. The van der Waals surface area contributed by atoms with Gasteiger partial charge in [-0.25, -0.2) is 0 Å². The van der Waals surface area contributed by atoms with E-state index in [1.807, 2.05) is 50.4 Å². The van der Waals surface area contributed by atoms with Crippen molar-refractivity contribution < 1.29 is 13.9 Å². The number of fused-ring (bicyclic) bond motifs is 1. The number of amides is 1. The molecule has 4 heterocycles. The molecule has 2 unspecified atom stereocenters. The maximum atomic E-state index is 13.1. The Bertz CT molecular complexity index is 1240. The number of para-hydroxylation sites is 1. The highest BCUT2D eigenvalue weighted by Crippen LogP contribution is 2.34. The molecule has 178 valence electrons. The van der Waals surface area contributed by atoms with Crippen LogP contribution < -0.4 is 5.32 Å². The first-order chi connectivity index (χ1) is 16.6. The van der Waals surface area contributed by atoms with E-state index < -0.39 is 0 Å². The van der Waals surface area contributed by atoms with E-state index in [2.05, 4.69) is 31.1 Å². The quantitative estimate of drug-likeness (QED) is 0.340. The van der Waals surface area contributed by atoms with Gasteiger partial charge in [0, 0.05) is 29.3 Å². The van der Waals surface area contributed by atoms with E-state index in [1.165, 1.54) is 11.8 Å². The molecule has 1 amide bonds. The van der Waals surface area contributed by atoms with Crippen molar-refractivity contribution in [3.05, 3.63) is 54.6 Å². The molecule has 0 spiro atoms. The summed E-state index contributed by atoms with van der Waals surface area (Å²) in [6, 6.07) is 11.8. The van der Waals surface area contributed by atoms with Crippen molar-refractivity contribution in [3.63, 3.8) is 0 Å². The molecule has 5 rings (SSSR count). The molecule has 4 aromatic rings. The Kier molecular flexibility index (Phi) is 6.73. The summed E-state index contributed by atoms with van der Waals surface area (Å²) in [4.78, 5) is 16.4. The summed E-state index contributed by atoms with van der Waals surface area (Å²) in [5.74, 6) is 1.57. The molecular formula is C25H29N5O3S. The van der Waals surface area contributed by atoms with Gasteiger partial charge in [-0.3, -0.25) is 9.36 Å². The molecule has 34 heavy (non-hydrogen) atoms. The Labute approximate surface area is 202 Å². The smallest absolute Gasteiger partial charge is 0.234 e. The Balaban J connectivity index is 1.44. The molecule has 1 aliphatic heterocycles. The van der Waals surface area contributed by atoms with Crippen molar-refractivity contribution in [3.8, 4) is 11.4 Å². The van der Waals surface area contributed by atoms with Gasteiger partial charge < -0.3 is 19.5 Å². The number of thioether (sulfide) groups is 1. The average Bonchev–Trinajstić information content (AvgIpc) is 3.64. The number of aromatic nitrogens is 4. The summed E-state index contributed by atoms with van der Waals surface area (Å²) < 4.78 is 13.4. The number of benzene rings is 1. The summed E-state index contributed by atoms with van der Waals surface area (Å²) in [7, 11) is 0. The zero-order valence-corrected chi connectivity index (χ0v) is 20.2. The Morgan fingerprint density at radius 1 is 1.26 bits per heavy atom. The van der Waals surface area contributed by atoms with Crippen LogP contribution in [0.3, 0.4) is 0 Å². The third-order valence-corrected chi connectivity index (χ3v) is 7.60. The number of hydrogen-bond acceptors (Lipinski definition) is 6. The fourth-order valence-corrected chi connectivity index (χ4v) is 5.35. The van der Waals surface area contributed by atoms with Crippen LogP contribution in [0.4, 0.5) is 0 Å². The lowest BCUT2D eigenvalue weighted by atomic mass is 10.1. The van der Waals surface area contributed by atoms with E-state index in [9.17, 15) is 4.79 Å². The van der Waals surface area contributed by atoms with Gasteiger partial charge in [-0.15, -0.1) is 10.2 Å². The van der Waals surface area contributed by atoms with Gasteiger partial charge in [-0.05, 0) is 37.0 Å². The van der Waals surface area contributed by atoms with Gasteiger partial charge in [0.25, 0.3) is 0 Å². The standard InChI is InChI=1S/C25H29N5O3S/c1-16(2)22(24(31)27-13-17-7-5-11-32-17)34-25-29-28-23(30(25)15-18-8-6-12-33-18)20-14-26-21-10-4-3-9-19(20)21/h3-5,7,9-11,14,16,18,22,26H,6,8,12-13,15H2,1-2H3,(H,27,31). The molecule has 8 nitrogen and oxygen atoms in total. The predicted octanol–water partition coefficient (Wildman–Crippen LogP) is 4.63. The molecule has 2 N–H and O–H groups in total. The third kappa shape index (κ3) is 4.76. The van der Waals surface area contributed by atoms with Crippen LogP contribution in [-0.4, -0.2) is 43.6 Å². The minimum atomic E-state index is -0.321. The Morgan fingerprint density at radius 3 is 2.91 bits per heavy atom. The third-order valence-electron chi connectivity index (χ3n) is 6.07. The molecule has 0 saturated carbocycles. The molecule has 9 heteroatoms. The number of carbonyl (C=O) groups is 1.